The number of nitrogens with zero attached hydrogens (tertiary/aromatic N) is 3. The van der Waals surface area contributed by atoms with Gasteiger partial charge in [-0.15, -0.1) is 0 Å². The fourth-order valence-corrected chi connectivity index (χ4v) is 2.60. The van der Waals surface area contributed by atoms with E-state index in [-0.39, 0.29) is 12.3 Å². The van der Waals surface area contributed by atoms with Crippen LogP contribution in [0.5, 0.6) is 0 Å². The van der Waals surface area contributed by atoms with Crippen LogP contribution in [0.4, 0.5) is 20.2 Å². The number of anilines is 1. The van der Waals surface area contributed by atoms with Crippen molar-refractivity contribution in [2.24, 2.45) is 4.99 Å². The van der Waals surface area contributed by atoms with E-state index in [0.29, 0.717) is 11.3 Å². The van der Waals surface area contributed by atoms with E-state index in [0.717, 1.165) is 35.5 Å². The summed E-state index contributed by atoms with van der Waals surface area (Å²) in [5.41, 5.74) is 3.60. The standard InChI is InChI=1S/C21H25F2N3O/c1-6-25(4)13-24-20-10-14(2)17(9-15(20)3)21(27)12-26(5)16-7-8-18(22)19(23)11-16/h7-11,13H,6,12H2,1-5H3/b24-13-. The van der Waals surface area contributed by atoms with Crippen molar-refractivity contribution >= 4 is 23.5 Å². The van der Waals surface area contributed by atoms with Gasteiger partial charge in [0.25, 0.3) is 0 Å². The molecule has 0 saturated heterocycles. The summed E-state index contributed by atoms with van der Waals surface area (Å²) < 4.78 is 26.5. The molecule has 0 unspecified atom stereocenters. The number of benzene rings is 2. The van der Waals surface area contributed by atoms with E-state index in [1.165, 1.54) is 6.07 Å². The number of hydrogen-bond acceptors (Lipinski definition) is 3. The predicted molar refractivity (Wildman–Crippen MR) is 106 cm³/mol. The van der Waals surface area contributed by atoms with E-state index in [1.807, 2.05) is 44.9 Å². The molecule has 0 aromatic heterocycles. The Morgan fingerprint density at radius 3 is 2.41 bits per heavy atom. The second-order valence-corrected chi connectivity index (χ2v) is 6.65. The molecule has 0 bridgehead atoms. The summed E-state index contributed by atoms with van der Waals surface area (Å²) in [6.45, 7) is 6.73. The van der Waals surface area contributed by atoms with Crippen molar-refractivity contribution in [3.63, 3.8) is 0 Å². The minimum Gasteiger partial charge on any atom is -0.367 e. The Morgan fingerprint density at radius 2 is 1.78 bits per heavy atom. The van der Waals surface area contributed by atoms with Crippen LogP contribution < -0.4 is 4.90 Å². The normalized spacial score (nSPS) is 11.1. The summed E-state index contributed by atoms with van der Waals surface area (Å²) in [5, 5.41) is 0. The molecule has 0 aliphatic carbocycles. The highest BCUT2D eigenvalue weighted by molar-refractivity contribution is 6.01. The van der Waals surface area contributed by atoms with E-state index >= 15 is 0 Å². The molecule has 27 heavy (non-hydrogen) atoms. The van der Waals surface area contributed by atoms with Crippen LogP contribution in [0.3, 0.4) is 0 Å². The van der Waals surface area contributed by atoms with E-state index in [9.17, 15) is 13.6 Å². The number of likely N-dealkylation sites (N-methyl/N-ethyl adjacent to an activating group) is 1. The van der Waals surface area contributed by atoms with Crippen LogP contribution in [0, 0.1) is 25.5 Å². The number of aliphatic imine (C=N–C) groups is 1. The minimum absolute atomic E-state index is 0.0620. The van der Waals surface area contributed by atoms with Gasteiger partial charge in [-0.2, -0.15) is 0 Å². The van der Waals surface area contributed by atoms with Crippen molar-refractivity contribution in [2.75, 3.05) is 32.1 Å². The first-order valence-corrected chi connectivity index (χ1v) is 8.78. The van der Waals surface area contributed by atoms with E-state index in [1.54, 1.807) is 18.3 Å². The monoisotopic (exact) mass is 373 g/mol. The molecule has 6 heteroatoms. The van der Waals surface area contributed by atoms with Crippen LogP contribution >= 0.6 is 0 Å². The van der Waals surface area contributed by atoms with Crippen LogP contribution in [0.15, 0.2) is 35.3 Å². The fraction of sp³-hybridized carbons (Fsp3) is 0.333. The minimum atomic E-state index is -0.932. The molecule has 2 aromatic rings. The fourth-order valence-electron chi connectivity index (χ4n) is 2.60. The van der Waals surface area contributed by atoms with Crippen molar-refractivity contribution in [1.82, 2.24) is 4.90 Å². The van der Waals surface area contributed by atoms with Crippen molar-refractivity contribution in [2.45, 2.75) is 20.8 Å². The predicted octanol–water partition coefficient (Wildman–Crippen LogP) is 4.51. The van der Waals surface area contributed by atoms with Gasteiger partial charge >= 0.3 is 0 Å². The number of rotatable bonds is 7. The molecule has 0 radical (unpaired) electrons. The maximum absolute atomic E-state index is 13.4. The second kappa shape index (κ2) is 8.75. The Hall–Kier alpha value is -2.76. The maximum Gasteiger partial charge on any atom is 0.182 e. The van der Waals surface area contributed by atoms with Crippen LogP contribution in [-0.2, 0) is 0 Å². The first-order valence-electron chi connectivity index (χ1n) is 8.78. The smallest absolute Gasteiger partial charge is 0.182 e. The van der Waals surface area contributed by atoms with Gasteiger partial charge in [0, 0.05) is 38.0 Å². The van der Waals surface area contributed by atoms with Crippen LogP contribution in [0.1, 0.15) is 28.4 Å². The van der Waals surface area contributed by atoms with Gasteiger partial charge < -0.3 is 9.80 Å². The molecule has 4 nitrogen and oxygen atoms in total. The lowest BCUT2D eigenvalue weighted by Gasteiger charge is -2.19. The first-order chi connectivity index (χ1) is 12.7. The van der Waals surface area contributed by atoms with Gasteiger partial charge in [0.15, 0.2) is 17.4 Å². The highest BCUT2D eigenvalue weighted by Crippen LogP contribution is 2.24. The molecule has 0 aliphatic rings. The largest absolute Gasteiger partial charge is 0.367 e. The van der Waals surface area contributed by atoms with E-state index in [2.05, 4.69) is 4.99 Å². The van der Waals surface area contributed by atoms with Gasteiger partial charge in [0.05, 0.1) is 18.6 Å². The average Bonchev–Trinajstić information content (AvgIpc) is 2.63. The molecular formula is C21H25F2N3O. The third-order valence-electron chi connectivity index (χ3n) is 4.46. The molecule has 0 fully saturated rings. The van der Waals surface area contributed by atoms with Crippen LogP contribution in [-0.4, -0.2) is 44.2 Å². The summed E-state index contributed by atoms with van der Waals surface area (Å²) in [7, 11) is 3.61. The van der Waals surface area contributed by atoms with Gasteiger partial charge in [-0.25, -0.2) is 13.8 Å². The highest BCUT2D eigenvalue weighted by Gasteiger charge is 2.15. The molecule has 0 heterocycles. The van der Waals surface area contributed by atoms with Crippen molar-refractivity contribution < 1.29 is 13.6 Å². The lowest BCUT2D eigenvalue weighted by molar-refractivity contribution is 0.0999. The molecule has 0 aliphatic heterocycles. The van der Waals surface area contributed by atoms with Gasteiger partial charge in [-0.05, 0) is 56.2 Å². The number of carbonyl (C=O) groups excluding carboxylic acids is 1. The Kier molecular flexibility index (Phi) is 6.66. The number of halogens is 2. The third kappa shape index (κ3) is 5.12. The Balaban J connectivity index is 2.19. The molecule has 0 N–H and O–H groups in total. The zero-order chi connectivity index (χ0) is 20.1. The van der Waals surface area contributed by atoms with Gasteiger partial charge in [-0.3, -0.25) is 4.79 Å². The lowest BCUT2D eigenvalue weighted by atomic mass is 10.00. The summed E-state index contributed by atoms with van der Waals surface area (Å²) >= 11 is 0. The number of carbonyl (C=O) groups is 1. The highest BCUT2D eigenvalue weighted by atomic mass is 19.2. The topological polar surface area (TPSA) is 35.9 Å². The number of hydrogen-bond donors (Lipinski definition) is 0. The zero-order valence-electron chi connectivity index (χ0n) is 16.4. The second-order valence-electron chi connectivity index (χ2n) is 6.65. The molecule has 0 amide bonds. The maximum atomic E-state index is 13.4. The number of aryl methyl sites for hydroxylation is 2. The van der Waals surface area contributed by atoms with Crippen molar-refractivity contribution in [1.29, 1.82) is 0 Å². The van der Waals surface area contributed by atoms with Gasteiger partial charge in [0.1, 0.15) is 0 Å². The van der Waals surface area contributed by atoms with E-state index in [4.69, 9.17) is 0 Å². The Labute approximate surface area is 159 Å². The molecule has 144 valence electrons. The molecule has 0 saturated carbocycles. The summed E-state index contributed by atoms with van der Waals surface area (Å²) in [6, 6.07) is 7.31. The molecule has 2 rings (SSSR count). The summed E-state index contributed by atoms with van der Waals surface area (Å²) in [6.07, 6.45) is 1.76. The van der Waals surface area contributed by atoms with Crippen molar-refractivity contribution in [3.05, 3.63) is 58.7 Å². The summed E-state index contributed by atoms with van der Waals surface area (Å²) in [5.74, 6) is -1.93. The molecule has 0 atom stereocenters. The molecular weight excluding hydrogens is 348 g/mol. The Morgan fingerprint density at radius 1 is 1.07 bits per heavy atom. The first kappa shape index (κ1) is 20.6. The quantitative estimate of drug-likeness (QED) is 0.407. The van der Waals surface area contributed by atoms with Gasteiger partial charge in [0.2, 0.25) is 0 Å². The van der Waals surface area contributed by atoms with E-state index < -0.39 is 11.6 Å². The van der Waals surface area contributed by atoms with Crippen LogP contribution in [0.25, 0.3) is 0 Å². The van der Waals surface area contributed by atoms with Gasteiger partial charge in [-0.1, -0.05) is 0 Å². The Bertz CT molecular complexity index is 865. The lowest BCUT2D eigenvalue weighted by Crippen LogP contribution is -2.26. The average molecular weight is 373 g/mol. The zero-order valence-corrected chi connectivity index (χ0v) is 16.4. The van der Waals surface area contributed by atoms with Crippen molar-refractivity contribution in [3.8, 4) is 0 Å². The number of ketones is 1. The molecule has 2 aromatic carbocycles. The summed E-state index contributed by atoms with van der Waals surface area (Å²) in [4.78, 5) is 20.7. The third-order valence-corrected chi connectivity index (χ3v) is 4.46. The van der Waals surface area contributed by atoms with Crippen LogP contribution in [0.2, 0.25) is 0 Å². The number of Topliss-reactive ketones (excluding diaryl/α,β-unsaturated/α-hetero) is 1. The molecule has 0 spiro atoms. The SMILES string of the molecule is CCN(C)/C=N\c1cc(C)c(C(=O)CN(C)c2ccc(F)c(F)c2)cc1C.